The molecule has 0 aliphatic heterocycles. The first-order chi connectivity index (χ1) is 32.0. The third-order valence-corrected chi connectivity index (χ3v) is 12.6. The molecule has 65 heavy (non-hydrogen) atoms. The van der Waals surface area contributed by atoms with Crippen LogP contribution in [-0.4, -0.2) is 37.2 Å². The maximum Gasteiger partial charge on any atom is 0.306 e. The average molecular weight is 914 g/mol. The second-order valence-corrected chi connectivity index (χ2v) is 19.2. The Bertz CT molecular complexity index is 1090. The Hall–Kier alpha value is -2.37. The minimum Gasteiger partial charge on any atom is -0.462 e. The molecule has 0 heterocycles. The number of rotatable bonds is 52. The van der Waals surface area contributed by atoms with E-state index >= 15 is 0 Å². The van der Waals surface area contributed by atoms with E-state index in [-0.39, 0.29) is 31.1 Å². The lowest BCUT2D eigenvalue weighted by atomic mass is 10.0. The van der Waals surface area contributed by atoms with Crippen molar-refractivity contribution in [2.75, 3.05) is 13.2 Å². The summed E-state index contributed by atoms with van der Waals surface area (Å²) in [6.45, 7) is 6.63. The van der Waals surface area contributed by atoms with Gasteiger partial charge in [-0.05, 0) is 77.0 Å². The molecule has 0 rings (SSSR count). The summed E-state index contributed by atoms with van der Waals surface area (Å²) in [5, 5.41) is 0. The fourth-order valence-corrected chi connectivity index (χ4v) is 8.29. The molecule has 0 saturated heterocycles. The Morgan fingerprint density at radius 1 is 0.308 bits per heavy atom. The van der Waals surface area contributed by atoms with E-state index in [9.17, 15) is 14.4 Å². The molecule has 0 bridgehead atoms. The van der Waals surface area contributed by atoms with E-state index in [1.807, 2.05) is 0 Å². The summed E-state index contributed by atoms with van der Waals surface area (Å²) >= 11 is 0. The molecule has 6 nitrogen and oxygen atoms in total. The van der Waals surface area contributed by atoms with Crippen LogP contribution in [0.5, 0.6) is 0 Å². The van der Waals surface area contributed by atoms with Crippen LogP contribution in [0.4, 0.5) is 0 Å². The zero-order valence-electron chi connectivity index (χ0n) is 43.5. The van der Waals surface area contributed by atoms with E-state index in [4.69, 9.17) is 14.2 Å². The van der Waals surface area contributed by atoms with Crippen LogP contribution in [0.2, 0.25) is 0 Å². The van der Waals surface area contributed by atoms with Crippen molar-refractivity contribution >= 4 is 17.9 Å². The number of hydrogen-bond donors (Lipinski definition) is 0. The summed E-state index contributed by atoms with van der Waals surface area (Å²) in [7, 11) is 0. The first-order valence-electron chi connectivity index (χ1n) is 28.5. The van der Waals surface area contributed by atoms with Crippen molar-refractivity contribution in [1.29, 1.82) is 0 Å². The molecule has 380 valence electrons. The van der Waals surface area contributed by atoms with Crippen LogP contribution in [0.15, 0.2) is 36.5 Å². The molecule has 0 radical (unpaired) electrons. The van der Waals surface area contributed by atoms with Crippen LogP contribution in [0.3, 0.4) is 0 Å². The SMILES string of the molecule is CCCCCC=CCC=CCCCCCCCC(=O)O[C@@H](COC(=O)CCCCCCCCCC=CCCCCCCCC)COC(=O)CCCCCCCCCCCCCCCCC. The topological polar surface area (TPSA) is 78.9 Å². The van der Waals surface area contributed by atoms with Crippen molar-refractivity contribution in [2.24, 2.45) is 0 Å². The molecule has 0 spiro atoms. The highest BCUT2D eigenvalue weighted by Gasteiger charge is 2.19. The van der Waals surface area contributed by atoms with Gasteiger partial charge in [-0.3, -0.25) is 14.4 Å². The van der Waals surface area contributed by atoms with Gasteiger partial charge < -0.3 is 14.2 Å². The predicted octanol–water partition coefficient (Wildman–Crippen LogP) is 18.9. The molecular weight excluding hydrogens is 805 g/mol. The van der Waals surface area contributed by atoms with Crippen molar-refractivity contribution in [3.63, 3.8) is 0 Å². The molecule has 0 unspecified atom stereocenters. The van der Waals surface area contributed by atoms with Crippen molar-refractivity contribution in [3.05, 3.63) is 36.5 Å². The van der Waals surface area contributed by atoms with Crippen molar-refractivity contribution < 1.29 is 28.6 Å². The van der Waals surface area contributed by atoms with E-state index < -0.39 is 6.10 Å². The van der Waals surface area contributed by atoms with E-state index in [1.54, 1.807) is 0 Å². The fraction of sp³-hybridized carbons (Fsp3) is 0.847. The lowest BCUT2D eigenvalue weighted by Crippen LogP contribution is -2.30. The largest absolute Gasteiger partial charge is 0.462 e. The van der Waals surface area contributed by atoms with Gasteiger partial charge in [0.25, 0.3) is 0 Å². The molecule has 0 aromatic carbocycles. The van der Waals surface area contributed by atoms with Crippen molar-refractivity contribution in [3.8, 4) is 0 Å². The molecule has 6 heteroatoms. The van der Waals surface area contributed by atoms with Gasteiger partial charge in [0.1, 0.15) is 13.2 Å². The van der Waals surface area contributed by atoms with Gasteiger partial charge in [-0.1, -0.05) is 243 Å². The number of esters is 3. The van der Waals surface area contributed by atoms with Crippen LogP contribution in [0.1, 0.15) is 303 Å². The van der Waals surface area contributed by atoms with E-state index in [0.717, 1.165) is 83.5 Å². The summed E-state index contributed by atoms with van der Waals surface area (Å²) in [5.74, 6) is -0.878. The van der Waals surface area contributed by atoms with E-state index in [0.29, 0.717) is 19.3 Å². The van der Waals surface area contributed by atoms with Gasteiger partial charge in [0.15, 0.2) is 6.10 Å². The minimum absolute atomic E-state index is 0.0757. The molecule has 0 aliphatic rings. The number of carbonyl (C=O) groups excluding carboxylic acids is 3. The summed E-state index contributed by atoms with van der Waals surface area (Å²) < 4.78 is 16.9. The number of allylic oxidation sites excluding steroid dienone is 6. The van der Waals surface area contributed by atoms with Gasteiger partial charge in [0, 0.05) is 19.3 Å². The van der Waals surface area contributed by atoms with Gasteiger partial charge in [0.2, 0.25) is 0 Å². The van der Waals surface area contributed by atoms with Gasteiger partial charge in [-0.25, -0.2) is 0 Å². The Morgan fingerprint density at radius 2 is 0.554 bits per heavy atom. The third kappa shape index (κ3) is 52.5. The molecular formula is C59H108O6. The van der Waals surface area contributed by atoms with Crippen LogP contribution in [0, 0.1) is 0 Å². The second-order valence-electron chi connectivity index (χ2n) is 19.2. The second kappa shape index (κ2) is 54.2. The zero-order valence-corrected chi connectivity index (χ0v) is 43.5. The van der Waals surface area contributed by atoms with Crippen molar-refractivity contribution in [2.45, 2.75) is 309 Å². The first-order valence-corrected chi connectivity index (χ1v) is 28.5. The quantitative estimate of drug-likeness (QED) is 0.0262. The monoisotopic (exact) mass is 913 g/mol. The summed E-state index contributed by atoms with van der Waals surface area (Å²) in [6, 6.07) is 0. The number of unbranched alkanes of at least 4 members (excludes halogenated alkanes) is 35. The normalized spacial score (nSPS) is 12.2. The van der Waals surface area contributed by atoms with Gasteiger partial charge in [0.05, 0.1) is 0 Å². The number of ether oxygens (including phenoxy) is 3. The average Bonchev–Trinajstić information content (AvgIpc) is 3.30. The Morgan fingerprint density at radius 3 is 0.892 bits per heavy atom. The molecule has 0 aromatic rings. The predicted molar refractivity (Wildman–Crippen MR) is 279 cm³/mol. The Balaban J connectivity index is 4.37. The van der Waals surface area contributed by atoms with Crippen molar-refractivity contribution in [1.82, 2.24) is 0 Å². The summed E-state index contributed by atoms with van der Waals surface area (Å²) in [4.78, 5) is 38.1. The molecule has 0 saturated carbocycles. The van der Waals surface area contributed by atoms with E-state index in [2.05, 4.69) is 57.2 Å². The van der Waals surface area contributed by atoms with Gasteiger partial charge >= 0.3 is 17.9 Å². The standard InChI is InChI=1S/C59H108O6/c1-4-7-10-13-16-19-22-25-28-29-32-34-37-40-43-46-49-52-58(61)64-55-56(65-59(62)53-50-47-44-41-38-35-31-27-24-21-18-15-12-9-6-3)54-63-57(60)51-48-45-42-39-36-33-30-26-23-20-17-14-11-8-5-2/h18,21,25,27-28,31,56H,4-17,19-20,22-24,26,29-30,32-55H2,1-3H3/t56-/m1/s1. The third-order valence-electron chi connectivity index (χ3n) is 12.6. The molecule has 0 amide bonds. The Labute approximate surface area is 404 Å². The molecule has 1 atom stereocenters. The molecule has 0 N–H and O–H groups in total. The zero-order chi connectivity index (χ0) is 47.2. The van der Waals surface area contributed by atoms with Gasteiger partial charge in [-0.2, -0.15) is 0 Å². The Kier molecular flexibility index (Phi) is 52.3. The summed E-state index contributed by atoms with van der Waals surface area (Å²) in [5.41, 5.74) is 0. The first kappa shape index (κ1) is 62.6. The number of carbonyl (C=O) groups is 3. The smallest absolute Gasteiger partial charge is 0.306 e. The van der Waals surface area contributed by atoms with Crippen LogP contribution in [0.25, 0.3) is 0 Å². The maximum absolute atomic E-state index is 12.8. The number of hydrogen-bond acceptors (Lipinski definition) is 6. The molecule has 0 aromatic heterocycles. The van der Waals surface area contributed by atoms with Crippen LogP contribution < -0.4 is 0 Å². The van der Waals surface area contributed by atoms with Gasteiger partial charge in [-0.15, -0.1) is 0 Å². The van der Waals surface area contributed by atoms with Crippen LogP contribution in [-0.2, 0) is 28.6 Å². The highest BCUT2D eigenvalue weighted by Crippen LogP contribution is 2.16. The summed E-state index contributed by atoms with van der Waals surface area (Å²) in [6.07, 6.45) is 64.1. The highest BCUT2D eigenvalue weighted by atomic mass is 16.6. The maximum atomic E-state index is 12.8. The lowest BCUT2D eigenvalue weighted by molar-refractivity contribution is -0.167. The minimum atomic E-state index is -0.778. The highest BCUT2D eigenvalue weighted by molar-refractivity contribution is 5.71. The van der Waals surface area contributed by atoms with E-state index in [1.165, 1.54) is 180 Å². The molecule has 0 aliphatic carbocycles. The van der Waals surface area contributed by atoms with Crippen LogP contribution >= 0.6 is 0 Å². The lowest BCUT2D eigenvalue weighted by Gasteiger charge is -2.18. The fourth-order valence-electron chi connectivity index (χ4n) is 8.29. The molecule has 0 fully saturated rings.